The molecule has 1 saturated heterocycles. The predicted molar refractivity (Wildman–Crippen MR) is 110 cm³/mol. The third kappa shape index (κ3) is 3.61. The number of aromatic nitrogens is 1. The van der Waals surface area contributed by atoms with Gasteiger partial charge < -0.3 is 15.0 Å². The summed E-state index contributed by atoms with van der Waals surface area (Å²) in [5.41, 5.74) is 2.50. The molecule has 6 nitrogen and oxygen atoms in total. The maximum absolute atomic E-state index is 12.7. The highest BCUT2D eigenvalue weighted by Crippen LogP contribution is 2.33. The Morgan fingerprint density at radius 1 is 1.18 bits per heavy atom. The molecule has 1 aliphatic rings. The van der Waals surface area contributed by atoms with Gasteiger partial charge in [-0.1, -0.05) is 42.5 Å². The molecule has 1 aromatic heterocycles. The van der Waals surface area contributed by atoms with Crippen LogP contribution in [-0.4, -0.2) is 30.5 Å². The summed E-state index contributed by atoms with van der Waals surface area (Å²) in [6.07, 6.45) is 0.167. The normalized spacial score (nSPS) is 16.2. The van der Waals surface area contributed by atoms with Gasteiger partial charge in [0.2, 0.25) is 11.8 Å². The number of hydrogen-bond acceptors (Lipinski definition) is 5. The first-order valence-corrected chi connectivity index (χ1v) is 9.79. The number of amides is 2. The van der Waals surface area contributed by atoms with Gasteiger partial charge in [0.15, 0.2) is 5.13 Å². The van der Waals surface area contributed by atoms with Crippen molar-refractivity contribution in [1.29, 1.82) is 0 Å². The van der Waals surface area contributed by atoms with Crippen molar-refractivity contribution >= 4 is 34.0 Å². The van der Waals surface area contributed by atoms with Crippen LogP contribution in [0.15, 0.2) is 60.0 Å². The number of rotatable bonds is 5. The lowest BCUT2D eigenvalue weighted by Gasteiger charge is -2.19. The van der Waals surface area contributed by atoms with Gasteiger partial charge in [0, 0.05) is 23.9 Å². The van der Waals surface area contributed by atoms with Crippen LogP contribution in [0.2, 0.25) is 0 Å². The summed E-state index contributed by atoms with van der Waals surface area (Å²) in [7, 11) is 1.57. The van der Waals surface area contributed by atoms with Gasteiger partial charge in [0.1, 0.15) is 5.75 Å². The summed E-state index contributed by atoms with van der Waals surface area (Å²) < 4.78 is 5.34. The Kier molecular flexibility index (Phi) is 5.08. The van der Waals surface area contributed by atoms with Crippen molar-refractivity contribution in [2.75, 3.05) is 23.9 Å². The summed E-state index contributed by atoms with van der Waals surface area (Å²) >= 11 is 1.37. The molecule has 1 fully saturated rings. The van der Waals surface area contributed by atoms with E-state index in [1.54, 1.807) is 18.1 Å². The Morgan fingerprint density at radius 2 is 1.93 bits per heavy atom. The van der Waals surface area contributed by atoms with Crippen LogP contribution in [-0.2, 0) is 9.59 Å². The van der Waals surface area contributed by atoms with Gasteiger partial charge in [-0.2, -0.15) is 0 Å². The van der Waals surface area contributed by atoms with E-state index in [9.17, 15) is 9.59 Å². The summed E-state index contributed by atoms with van der Waals surface area (Å²) in [5, 5.41) is 5.30. The topological polar surface area (TPSA) is 71.5 Å². The molecule has 7 heteroatoms. The third-order valence-electron chi connectivity index (χ3n) is 4.68. The Bertz CT molecular complexity index is 1000. The molecule has 0 unspecified atom stereocenters. The maximum Gasteiger partial charge on any atom is 0.231 e. The van der Waals surface area contributed by atoms with E-state index in [-0.39, 0.29) is 18.2 Å². The van der Waals surface area contributed by atoms with Crippen LogP contribution < -0.4 is 15.0 Å². The molecule has 0 bridgehead atoms. The number of carbonyl (C=O) groups is 2. The number of benzene rings is 2. The number of thiazole rings is 1. The van der Waals surface area contributed by atoms with Crippen LogP contribution in [0.5, 0.6) is 5.75 Å². The zero-order valence-electron chi connectivity index (χ0n) is 15.3. The van der Waals surface area contributed by atoms with Gasteiger partial charge in [-0.05, 0) is 12.1 Å². The first-order chi connectivity index (χ1) is 13.7. The number of ether oxygens (including phenoxy) is 1. The zero-order valence-corrected chi connectivity index (χ0v) is 16.1. The highest BCUT2D eigenvalue weighted by molar-refractivity contribution is 7.14. The van der Waals surface area contributed by atoms with Crippen LogP contribution in [0.4, 0.5) is 10.8 Å². The summed E-state index contributed by atoms with van der Waals surface area (Å²) in [5.74, 6) is -0.0979. The molecule has 0 radical (unpaired) electrons. The zero-order chi connectivity index (χ0) is 19.5. The smallest absolute Gasteiger partial charge is 0.231 e. The molecule has 28 heavy (non-hydrogen) atoms. The number of hydrogen-bond donors (Lipinski definition) is 1. The minimum absolute atomic E-state index is 0.0891. The number of para-hydroxylation sites is 2. The molecule has 1 N–H and O–H groups in total. The van der Waals surface area contributed by atoms with E-state index in [1.807, 2.05) is 53.9 Å². The molecule has 1 atom stereocenters. The van der Waals surface area contributed by atoms with Gasteiger partial charge in [-0.3, -0.25) is 9.59 Å². The minimum atomic E-state index is -0.429. The van der Waals surface area contributed by atoms with Crippen LogP contribution >= 0.6 is 11.3 Å². The molecule has 2 heterocycles. The number of anilines is 2. The molecule has 0 aliphatic carbocycles. The molecular weight excluding hydrogens is 374 g/mol. The van der Waals surface area contributed by atoms with Crippen molar-refractivity contribution in [3.63, 3.8) is 0 Å². The van der Waals surface area contributed by atoms with E-state index in [0.717, 1.165) is 11.3 Å². The summed E-state index contributed by atoms with van der Waals surface area (Å²) in [6.45, 7) is 0.321. The lowest BCUT2D eigenvalue weighted by Crippen LogP contribution is -2.28. The van der Waals surface area contributed by atoms with Crippen molar-refractivity contribution in [2.45, 2.75) is 6.42 Å². The molecule has 4 rings (SSSR count). The number of methoxy groups -OCH3 is 1. The third-order valence-corrected chi connectivity index (χ3v) is 5.43. The van der Waals surface area contributed by atoms with Crippen molar-refractivity contribution in [1.82, 2.24) is 4.98 Å². The number of nitrogens with one attached hydrogen (secondary N) is 1. The molecule has 142 valence electrons. The lowest BCUT2D eigenvalue weighted by molar-refractivity contribution is -0.122. The fraction of sp³-hybridized carbons (Fsp3) is 0.190. The van der Waals surface area contributed by atoms with E-state index >= 15 is 0 Å². The first kappa shape index (κ1) is 18.2. The van der Waals surface area contributed by atoms with Gasteiger partial charge in [0.25, 0.3) is 0 Å². The Hall–Kier alpha value is -3.19. The first-order valence-electron chi connectivity index (χ1n) is 8.91. The van der Waals surface area contributed by atoms with Gasteiger partial charge in [-0.15, -0.1) is 11.3 Å². The molecule has 3 aromatic rings. The summed E-state index contributed by atoms with van der Waals surface area (Å²) in [6, 6.07) is 17.1. The maximum atomic E-state index is 12.7. The fourth-order valence-electron chi connectivity index (χ4n) is 3.25. The largest absolute Gasteiger partial charge is 0.495 e. The quantitative estimate of drug-likeness (QED) is 0.716. The lowest BCUT2D eigenvalue weighted by atomic mass is 10.1. The number of nitrogens with zero attached hydrogens (tertiary/aromatic N) is 2. The molecule has 2 aromatic carbocycles. The van der Waals surface area contributed by atoms with Crippen molar-refractivity contribution < 1.29 is 14.3 Å². The van der Waals surface area contributed by atoms with Gasteiger partial charge >= 0.3 is 0 Å². The molecule has 0 saturated carbocycles. The second-order valence-electron chi connectivity index (χ2n) is 6.47. The van der Waals surface area contributed by atoms with Crippen LogP contribution in [0.25, 0.3) is 11.3 Å². The fourth-order valence-corrected chi connectivity index (χ4v) is 3.97. The van der Waals surface area contributed by atoms with E-state index in [1.165, 1.54) is 11.3 Å². The Labute approximate surface area is 166 Å². The van der Waals surface area contributed by atoms with Crippen molar-refractivity contribution in [3.8, 4) is 17.0 Å². The van der Waals surface area contributed by atoms with E-state index in [0.29, 0.717) is 23.1 Å². The van der Waals surface area contributed by atoms with Crippen molar-refractivity contribution in [2.24, 2.45) is 5.92 Å². The summed E-state index contributed by atoms with van der Waals surface area (Å²) in [4.78, 5) is 31.3. The molecule has 2 amide bonds. The minimum Gasteiger partial charge on any atom is -0.495 e. The molecular formula is C21H19N3O3S. The van der Waals surface area contributed by atoms with Gasteiger partial charge in [-0.25, -0.2) is 4.98 Å². The van der Waals surface area contributed by atoms with E-state index < -0.39 is 5.92 Å². The van der Waals surface area contributed by atoms with E-state index in [2.05, 4.69) is 10.3 Å². The van der Waals surface area contributed by atoms with Crippen LogP contribution in [0.3, 0.4) is 0 Å². The Morgan fingerprint density at radius 3 is 2.71 bits per heavy atom. The average Bonchev–Trinajstić information content (AvgIpc) is 3.35. The monoisotopic (exact) mass is 393 g/mol. The Balaban J connectivity index is 1.45. The standard InChI is InChI=1S/C21H19N3O3S/c1-27-18-10-6-5-9-17(18)24-12-15(11-19(24)25)20(26)23-21-22-16(13-28-21)14-7-3-2-4-8-14/h2-10,13,15H,11-12H2,1H3,(H,22,23,26)/t15-/m1/s1. The highest BCUT2D eigenvalue weighted by Gasteiger charge is 2.36. The average molecular weight is 393 g/mol. The van der Waals surface area contributed by atoms with E-state index in [4.69, 9.17) is 4.74 Å². The second-order valence-corrected chi connectivity index (χ2v) is 7.33. The van der Waals surface area contributed by atoms with Crippen molar-refractivity contribution in [3.05, 3.63) is 60.0 Å². The van der Waals surface area contributed by atoms with Crippen LogP contribution in [0.1, 0.15) is 6.42 Å². The van der Waals surface area contributed by atoms with Gasteiger partial charge in [0.05, 0.1) is 24.4 Å². The number of carbonyl (C=O) groups excluding carboxylic acids is 2. The van der Waals surface area contributed by atoms with Crippen LogP contribution in [0, 0.1) is 5.92 Å². The second kappa shape index (κ2) is 7.82. The molecule has 0 spiro atoms. The SMILES string of the molecule is COc1ccccc1N1C[C@H](C(=O)Nc2nc(-c3ccccc3)cs2)CC1=O. The highest BCUT2D eigenvalue weighted by atomic mass is 32.1. The molecule has 1 aliphatic heterocycles. The predicted octanol–water partition coefficient (Wildman–Crippen LogP) is 3.81.